The average Bonchev–Trinajstić information content (AvgIpc) is 2.67. The normalized spacial score (nSPS) is 10.4. The highest BCUT2D eigenvalue weighted by Gasteiger charge is 2.07. The monoisotopic (exact) mass is 422 g/mol. The van der Waals surface area contributed by atoms with Gasteiger partial charge in [-0.1, -0.05) is 35.3 Å². The van der Waals surface area contributed by atoms with Gasteiger partial charge in [0.1, 0.15) is 5.75 Å². The Morgan fingerprint density at radius 2 is 1.50 bits per heavy atom. The fourth-order valence-electron chi connectivity index (χ4n) is 2.59. The molecular weight excluding hydrogens is 399 g/mol. The molecule has 0 aliphatic carbocycles. The second-order valence-corrected chi connectivity index (χ2v) is 7.30. The van der Waals surface area contributed by atoms with Crippen LogP contribution in [0, 0.1) is 13.8 Å². The minimum Gasteiger partial charge on any atom is -0.484 e. The number of nitrogens with one attached hydrogen (secondary N) is 2. The zero-order valence-electron chi connectivity index (χ0n) is 16.0. The number of rotatable bonds is 9. The molecular formula is C21H24Cl2N2O3. The molecule has 0 aliphatic heterocycles. The molecule has 2 rings (SSSR count). The predicted octanol–water partition coefficient (Wildman–Crippen LogP) is 3.85. The number of amides is 2. The lowest BCUT2D eigenvalue weighted by atomic mass is 10.1. The van der Waals surface area contributed by atoms with Gasteiger partial charge in [-0.2, -0.15) is 0 Å². The average molecular weight is 423 g/mol. The van der Waals surface area contributed by atoms with Crippen molar-refractivity contribution in [1.82, 2.24) is 10.6 Å². The maximum atomic E-state index is 11.9. The van der Waals surface area contributed by atoms with E-state index in [0.717, 1.165) is 16.7 Å². The van der Waals surface area contributed by atoms with E-state index >= 15 is 0 Å². The fraction of sp³-hybridized carbons (Fsp3) is 0.333. The first-order valence-electron chi connectivity index (χ1n) is 9.02. The van der Waals surface area contributed by atoms with E-state index in [1.807, 2.05) is 26.0 Å². The van der Waals surface area contributed by atoms with Crippen LogP contribution < -0.4 is 15.4 Å². The van der Waals surface area contributed by atoms with Crippen LogP contribution in [0.5, 0.6) is 5.75 Å². The summed E-state index contributed by atoms with van der Waals surface area (Å²) in [7, 11) is 0. The van der Waals surface area contributed by atoms with Crippen LogP contribution in [-0.2, 0) is 16.0 Å². The molecule has 2 aromatic carbocycles. The zero-order chi connectivity index (χ0) is 20.5. The first-order valence-corrected chi connectivity index (χ1v) is 9.78. The van der Waals surface area contributed by atoms with Crippen molar-refractivity contribution < 1.29 is 14.3 Å². The molecule has 0 fully saturated rings. The number of carbonyl (C=O) groups excluding carboxylic acids is 2. The summed E-state index contributed by atoms with van der Waals surface area (Å²) >= 11 is 11.9. The lowest BCUT2D eigenvalue weighted by Crippen LogP contribution is -2.36. The van der Waals surface area contributed by atoms with Gasteiger partial charge in [0, 0.05) is 29.6 Å². The van der Waals surface area contributed by atoms with Crippen molar-refractivity contribution in [3.63, 3.8) is 0 Å². The molecule has 0 radical (unpaired) electrons. The van der Waals surface area contributed by atoms with E-state index in [0.29, 0.717) is 41.7 Å². The number of hydrogen-bond donors (Lipinski definition) is 2. The Balaban J connectivity index is 1.60. The van der Waals surface area contributed by atoms with Crippen molar-refractivity contribution in [2.24, 2.45) is 0 Å². The molecule has 0 bridgehead atoms. The van der Waals surface area contributed by atoms with E-state index < -0.39 is 0 Å². The quantitative estimate of drug-likeness (QED) is 0.602. The number of carbonyl (C=O) groups is 2. The Morgan fingerprint density at radius 3 is 2.11 bits per heavy atom. The minimum absolute atomic E-state index is 0.0624. The minimum atomic E-state index is -0.249. The van der Waals surface area contributed by atoms with Gasteiger partial charge in [0.15, 0.2) is 6.61 Å². The molecule has 0 atom stereocenters. The summed E-state index contributed by atoms with van der Waals surface area (Å²) in [5.41, 5.74) is 2.86. The van der Waals surface area contributed by atoms with Crippen LogP contribution in [0.15, 0.2) is 36.4 Å². The summed E-state index contributed by atoms with van der Waals surface area (Å²) in [4.78, 5) is 23.7. The van der Waals surface area contributed by atoms with E-state index in [9.17, 15) is 9.59 Å². The van der Waals surface area contributed by atoms with E-state index in [1.165, 1.54) is 0 Å². The van der Waals surface area contributed by atoms with Crippen molar-refractivity contribution >= 4 is 35.0 Å². The maximum absolute atomic E-state index is 11.9. The summed E-state index contributed by atoms with van der Waals surface area (Å²) < 4.78 is 5.49. The van der Waals surface area contributed by atoms with Crippen molar-refractivity contribution in [3.8, 4) is 5.75 Å². The largest absolute Gasteiger partial charge is 0.484 e. The van der Waals surface area contributed by atoms with Gasteiger partial charge >= 0.3 is 0 Å². The summed E-state index contributed by atoms with van der Waals surface area (Å²) in [5.74, 6) is 0.290. The molecule has 0 saturated heterocycles. The number of ether oxygens (including phenoxy) is 1. The van der Waals surface area contributed by atoms with E-state index in [4.69, 9.17) is 27.9 Å². The van der Waals surface area contributed by atoms with Gasteiger partial charge in [-0.05, 0) is 61.2 Å². The highest BCUT2D eigenvalue weighted by Crippen LogP contribution is 2.25. The first kappa shape index (κ1) is 22.1. The van der Waals surface area contributed by atoms with E-state index in [1.54, 1.807) is 24.3 Å². The Morgan fingerprint density at radius 1 is 0.929 bits per heavy atom. The highest BCUT2D eigenvalue weighted by molar-refractivity contribution is 6.32. The molecule has 28 heavy (non-hydrogen) atoms. The Hall–Kier alpha value is -2.24. The van der Waals surface area contributed by atoms with E-state index in [2.05, 4.69) is 10.6 Å². The second-order valence-electron chi connectivity index (χ2n) is 6.49. The van der Waals surface area contributed by atoms with Crippen molar-refractivity contribution in [2.45, 2.75) is 26.7 Å². The van der Waals surface area contributed by atoms with Gasteiger partial charge < -0.3 is 15.4 Å². The number of hydrogen-bond acceptors (Lipinski definition) is 3. The Kier molecular flexibility index (Phi) is 8.61. The smallest absolute Gasteiger partial charge is 0.258 e. The molecule has 0 saturated carbocycles. The predicted molar refractivity (Wildman–Crippen MR) is 112 cm³/mol. The van der Waals surface area contributed by atoms with Gasteiger partial charge in [0.2, 0.25) is 5.91 Å². The van der Waals surface area contributed by atoms with Crippen LogP contribution in [0.3, 0.4) is 0 Å². The van der Waals surface area contributed by atoms with Gasteiger partial charge in [-0.3, -0.25) is 9.59 Å². The number of halogens is 2. The first-order chi connectivity index (χ1) is 13.3. The highest BCUT2D eigenvalue weighted by atomic mass is 35.5. The molecule has 2 amide bonds. The van der Waals surface area contributed by atoms with Crippen LogP contribution in [-0.4, -0.2) is 31.5 Å². The summed E-state index contributed by atoms with van der Waals surface area (Å²) in [6, 6.07) is 11.0. The SMILES string of the molecule is Cc1cc(OCC(=O)NCCNC(=O)CCc2ccc(Cl)cc2)cc(C)c1Cl. The Bertz CT molecular complexity index is 800. The van der Waals surface area contributed by atoms with Crippen LogP contribution in [0.4, 0.5) is 0 Å². The fourth-order valence-corrected chi connectivity index (χ4v) is 2.83. The number of aryl methyl sites for hydroxylation is 3. The second kappa shape index (κ2) is 10.9. The molecule has 5 nitrogen and oxygen atoms in total. The molecule has 150 valence electrons. The molecule has 0 aromatic heterocycles. The molecule has 2 aromatic rings. The van der Waals surface area contributed by atoms with Gasteiger partial charge in [-0.15, -0.1) is 0 Å². The third-order valence-electron chi connectivity index (χ3n) is 4.10. The Labute approximate surface area is 175 Å². The van der Waals surface area contributed by atoms with Crippen molar-refractivity contribution in [1.29, 1.82) is 0 Å². The third kappa shape index (κ3) is 7.41. The summed E-state index contributed by atoms with van der Waals surface area (Å²) in [6.45, 7) is 4.39. The number of benzene rings is 2. The standard InChI is InChI=1S/C21H24Cl2N2O3/c1-14-11-18(12-15(2)21(14)23)28-13-20(27)25-10-9-24-19(26)8-5-16-3-6-17(22)7-4-16/h3-4,6-7,11-12H,5,8-10,13H2,1-2H3,(H,24,26)(H,25,27). The van der Waals surface area contributed by atoms with E-state index in [-0.39, 0.29) is 18.4 Å². The maximum Gasteiger partial charge on any atom is 0.258 e. The molecule has 7 heteroatoms. The summed E-state index contributed by atoms with van der Waals surface area (Å²) in [5, 5.41) is 6.86. The van der Waals surface area contributed by atoms with Crippen LogP contribution >= 0.6 is 23.2 Å². The zero-order valence-corrected chi connectivity index (χ0v) is 17.5. The van der Waals surface area contributed by atoms with Gasteiger partial charge in [-0.25, -0.2) is 0 Å². The van der Waals surface area contributed by atoms with Crippen LogP contribution in [0.2, 0.25) is 10.0 Å². The third-order valence-corrected chi connectivity index (χ3v) is 4.95. The molecule has 0 aliphatic rings. The van der Waals surface area contributed by atoms with Crippen molar-refractivity contribution in [3.05, 3.63) is 63.1 Å². The van der Waals surface area contributed by atoms with Gasteiger partial charge in [0.25, 0.3) is 5.91 Å². The van der Waals surface area contributed by atoms with Crippen molar-refractivity contribution in [2.75, 3.05) is 19.7 Å². The van der Waals surface area contributed by atoms with Crippen LogP contribution in [0.25, 0.3) is 0 Å². The summed E-state index contributed by atoms with van der Waals surface area (Å²) in [6.07, 6.45) is 1.02. The molecule has 0 spiro atoms. The topological polar surface area (TPSA) is 67.4 Å². The lowest BCUT2D eigenvalue weighted by molar-refractivity contribution is -0.124. The molecule has 0 heterocycles. The van der Waals surface area contributed by atoms with Gasteiger partial charge in [0.05, 0.1) is 0 Å². The van der Waals surface area contributed by atoms with Crippen LogP contribution in [0.1, 0.15) is 23.1 Å². The lowest BCUT2D eigenvalue weighted by Gasteiger charge is -2.11. The molecule has 2 N–H and O–H groups in total. The molecule has 0 unspecified atom stereocenters.